The standard InChI is InChI=1S/C60H40N2SSi/c1-4-17-44(18-5-1)64(45-19-6-2-7-20-45,46-21-8-3-9-22-46)47-35-32-42(33-36-47)61-55-28-14-11-24-50(55)53-40-43(34-38-56(53)61)62-54-27-13-10-23-49(54)51-37-31-41(39-57(51)62)48-26-16-30-59-60(48)52-25-12-15-29-58(52)63-59/h1-40H. The van der Waals surface area contributed by atoms with E-state index >= 15 is 0 Å². The molecule has 0 aliphatic heterocycles. The highest BCUT2D eigenvalue weighted by molar-refractivity contribution is 7.26. The van der Waals surface area contributed by atoms with Gasteiger partial charge in [-0.05, 0) is 92.5 Å². The van der Waals surface area contributed by atoms with Crippen molar-refractivity contribution in [2.75, 3.05) is 0 Å². The molecule has 3 heterocycles. The second-order valence-corrected chi connectivity index (χ2v) is 21.7. The van der Waals surface area contributed by atoms with Crippen molar-refractivity contribution >= 4 is 104 Å². The van der Waals surface area contributed by atoms with Crippen LogP contribution in [0.4, 0.5) is 0 Å². The zero-order valence-electron chi connectivity index (χ0n) is 34.9. The van der Waals surface area contributed by atoms with Crippen molar-refractivity contribution in [1.82, 2.24) is 9.13 Å². The van der Waals surface area contributed by atoms with Crippen molar-refractivity contribution in [2.24, 2.45) is 0 Å². The zero-order chi connectivity index (χ0) is 42.2. The van der Waals surface area contributed by atoms with E-state index in [1.807, 2.05) is 11.3 Å². The van der Waals surface area contributed by atoms with Gasteiger partial charge in [-0.15, -0.1) is 11.3 Å². The largest absolute Gasteiger partial charge is 0.309 e. The molecule has 0 saturated heterocycles. The van der Waals surface area contributed by atoms with Gasteiger partial charge in [0.2, 0.25) is 0 Å². The van der Waals surface area contributed by atoms with Crippen molar-refractivity contribution in [3.05, 3.63) is 243 Å². The quantitative estimate of drug-likeness (QED) is 0.112. The molecular formula is C60H40N2SSi. The van der Waals surface area contributed by atoms with Gasteiger partial charge in [0.05, 0.1) is 22.1 Å². The summed E-state index contributed by atoms with van der Waals surface area (Å²) in [7, 11) is -2.66. The van der Waals surface area contributed by atoms with Crippen LogP contribution in [0, 0.1) is 0 Å². The van der Waals surface area contributed by atoms with Gasteiger partial charge in [-0.25, -0.2) is 0 Å². The maximum absolute atomic E-state index is 2.66. The minimum absolute atomic E-state index is 1.15. The minimum atomic E-state index is -2.66. The van der Waals surface area contributed by atoms with Crippen LogP contribution in [0.3, 0.4) is 0 Å². The Hall–Kier alpha value is -7.76. The lowest BCUT2D eigenvalue weighted by molar-refractivity contribution is 1.17. The van der Waals surface area contributed by atoms with Crippen LogP contribution in [-0.2, 0) is 0 Å². The van der Waals surface area contributed by atoms with Crippen molar-refractivity contribution < 1.29 is 0 Å². The summed E-state index contributed by atoms with van der Waals surface area (Å²) in [5.74, 6) is 0. The van der Waals surface area contributed by atoms with Gasteiger partial charge in [-0.3, -0.25) is 0 Å². The van der Waals surface area contributed by atoms with Crippen molar-refractivity contribution in [2.45, 2.75) is 0 Å². The van der Waals surface area contributed by atoms with Crippen LogP contribution in [-0.4, -0.2) is 17.2 Å². The molecule has 0 unspecified atom stereocenters. The molecule has 10 aromatic carbocycles. The van der Waals surface area contributed by atoms with E-state index in [9.17, 15) is 0 Å². The number of nitrogens with zero attached hydrogens (tertiary/aromatic N) is 2. The lowest BCUT2D eigenvalue weighted by Crippen LogP contribution is -2.74. The maximum Gasteiger partial charge on any atom is 0.179 e. The lowest BCUT2D eigenvalue weighted by atomic mass is 9.98. The predicted molar refractivity (Wildman–Crippen MR) is 277 cm³/mol. The summed E-state index contributed by atoms with van der Waals surface area (Å²) in [6.45, 7) is 0. The molecule has 0 radical (unpaired) electrons. The molecule has 0 saturated carbocycles. The van der Waals surface area contributed by atoms with E-state index in [-0.39, 0.29) is 0 Å². The van der Waals surface area contributed by atoms with Crippen molar-refractivity contribution in [1.29, 1.82) is 0 Å². The Balaban J connectivity index is 0.988. The Morgan fingerprint density at radius 1 is 0.297 bits per heavy atom. The first-order chi connectivity index (χ1) is 31.8. The third-order valence-corrected chi connectivity index (χ3v) is 19.4. The van der Waals surface area contributed by atoms with Crippen LogP contribution < -0.4 is 20.7 Å². The van der Waals surface area contributed by atoms with E-state index in [1.54, 1.807) is 0 Å². The molecule has 0 bridgehead atoms. The third kappa shape index (κ3) is 5.50. The van der Waals surface area contributed by atoms with E-state index in [0.717, 1.165) is 11.4 Å². The Morgan fingerprint density at radius 3 is 1.44 bits per heavy atom. The van der Waals surface area contributed by atoms with Gasteiger partial charge in [-0.1, -0.05) is 182 Å². The van der Waals surface area contributed by atoms with Gasteiger partial charge in [0, 0.05) is 53.1 Å². The molecule has 2 nitrogen and oxygen atoms in total. The fourth-order valence-electron chi connectivity index (χ4n) is 10.7. The Bertz CT molecular complexity index is 3790. The van der Waals surface area contributed by atoms with Crippen LogP contribution in [0.2, 0.25) is 0 Å². The number of fused-ring (bicyclic) bond motifs is 9. The summed E-state index contributed by atoms with van der Waals surface area (Å²) in [4.78, 5) is 0. The molecule has 13 rings (SSSR count). The molecule has 64 heavy (non-hydrogen) atoms. The molecule has 0 fully saturated rings. The molecule has 0 aliphatic rings. The van der Waals surface area contributed by atoms with Crippen LogP contribution in [0.25, 0.3) is 86.3 Å². The van der Waals surface area contributed by atoms with Crippen LogP contribution in [0.15, 0.2) is 243 Å². The van der Waals surface area contributed by atoms with Gasteiger partial charge in [0.1, 0.15) is 0 Å². The number of benzene rings is 10. The highest BCUT2D eigenvalue weighted by Gasteiger charge is 2.41. The highest BCUT2D eigenvalue weighted by atomic mass is 32.1. The Morgan fingerprint density at radius 2 is 0.781 bits per heavy atom. The maximum atomic E-state index is 2.47. The molecule has 13 aromatic rings. The molecule has 300 valence electrons. The first-order valence-electron chi connectivity index (χ1n) is 22.0. The Labute approximate surface area is 376 Å². The molecule has 0 N–H and O–H groups in total. The molecule has 0 amide bonds. The number of rotatable bonds is 7. The summed E-state index contributed by atoms with van der Waals surface area (Å²) >= 11 is 1.87. The fraction of sp³-hybridized carbons (Fsp3) is 0. The van der Waals surface area contributed by atoms with E-state index < -0.39 is 8.07 Å². The van der Waals surface area contributed by atoms with E-state index in [0.29, 0.717) is 0 Å². The van der Waals surface area contributed by atoms with Gasteiger partial charge >= 0.3 is 0 Å². The van der Waals surface area contributed by atoms with Gasteiger partial charge in [0.25, 0.3) is 0 Å². The molecule has 0 aliphatic carbocycles. The van der Waals surface area contributed by atoms with Crippen LogP contribution in [0.1, 0.15) is 0 Å². The average Bonchev–Trinajstić information content (AvgIpc) is 4.03. The summed E-state index contributed by atoms with van der Waals surface area (Å²) in [6, 6.07) is 90.4. The smallest absolute Gasteiger partial charge is 0.179 e. The number of hydrogen-bond acceptors (Lipinski definition) is 1. The van der Waals surface area contributed by atoms with E-state index in [2.05, 4.69) is 252 Å². The normalized spacial score (nSPS) is 12.1. The van der Waals surface area contributed by atoms with E-state index in [4.69, 9.17) is 0 Å². The number of thiophene rings is 1. The predicted octanol–water partition coefficient (Wildman–Crippen LogP) is 13.3. The molecular weight excluding hydrogens is 809 g/mol. The summed E-state index contributed by atoms with van der Waals surface area (Å²) < 4.78 is 7.57. The lowest BCUT2D eigenvalue weighted by Gasteiger charge is -2.34. The molecule has 4 heteroatoms. The second-order valence-electron chi connectivity index (χ2n) is 16.8. The number of para-hydroxylation sites is 2. The average molecular weight is 849 g/mol. The molecule has 0 spiro atoms. The van der Waals surface area contributed by atoms with Gasteiger partial charge in [0.15, 0.2) is 8.07 Å². The van der Waals surface area contributed by atoms with Crippen LogP contribution in [0.5, 0.6) is 0 Å². The first kappa shape index (κ1) is 36.9. The third-order valence-electron chi connectivity index (χ3n) is 13.5. The number of hydrogen-bond donors (Lipinski definition) is 0. The van der Waals surface area contributed by atoms with E-state index in [1.165, 1.54) is 95.7 Å². The fourth-order valence-corrected chi connectivity index (χ4v) is 16.6. The monoisotopic (exact) mass is 848 g/mol. The molecule has 0 atom stereocenters. The zero-order valence-corrected chi connectivity index (χ0v) is 36.7. The van der Waals surface area contributed by atoms with Gasteiger partial charge < -0.3 is 9.13 Å². The summed E-state index contributed by atoms with van der Waals surface area (Å²) in [6.07, 6.45) is 0. The van der Waals surface area contributed by atoms with Crippen molar-refractivity contribution in [3.8, 4) is 22.5 Å². The number of aromatic nitrogens is 2. The van der Waals surface area contributed by atoms with Crippen LogP contribution >= 0.6 is 11.3 Å². The minimum Gasteiger partial charge on any atom is -0.309 e. The molecule has 3 aromatic heterocycles. The SMILES string of the molecule is c1ccc([Si](c2ccccc2)(c2ccccc2)c2ccc(-n3c4ccccc4c4cc(-n5c6ccccc6c6ccc(-c7cccc8sc9ccccc9c78)cc65)ccc43)cc2)cc1. The summed E-state index contributed by atoms with van der Waals surface area (Å²) in [5.41, 5.74) is 9.59. The first-order valence-corrected chi connectivity index (χ1v) is 24.8. The Kier molecular flexibility index (Phi) is 8.45. The topological polar surface area (TPSA) is 9.86 Å². The highest BCUT2D eigenvalue weighted by Crippen LogP contribution is 2.42. The second kappa shape index (κ2) is 14.7. The van der Waals surface area contributed by atoms with Gasteiger partial charge in [-0.2, -0.15) is 0 Å². The van der Waals surface area contributed by atoms with Crippen molar-refractivity contribution in [3.63, 3.8) is 0 Å². The summed E-state index contributed by atoms with van der Waals surface area (Å²) in [5, 5.41) is 13.1.